The Morgan fingerprint density at radius 3 is 2.27 bits per heavy atom. The van der Waals surface area contributed by atoms with Gasteiger partial charge in [0.2, 0.25) is 11.8 Å². The van der Waals surface area contributed by atoms with Gasteiger partial charge in [0.15, 0.2) is 11.0 Å². The third kappa shape index (κ3) is 5.60. The molecule has 2 amide bonds. The molecular formula is C21H23N5O3S. The average Bonchev–Trinajstić information content (AvgIpc) is 3.09. The first-order valence-electron chi connectivity index (χ1n) is 9.39. The van der Waals surface area contributed by atoms with E-state index in [1.807, 2.05) is 54.9 Å². The minimum Gasteiger partial charge on any atom is -0.494 e. The minimum atomic E-state index is -0.131. The maximum atomic E-state index is 12.3. The van der Waals surface area contributed by atoms with Crippen molar-refractivity contribution in [2.75, 3.05) is 23.0 Å². The van der Waals surface area contributed by atoms with Crippen LogP contribution in [-0.4, -0.2) is 38.9 Å². The van der Waals surface area contributed by atoms with E-state index in [2.05, 4.69) is 20.8 Å². The van der Waals surface area contributed by atoms with Gasteiger partial charge in [0.1, 0.15) is 5.75 Å². The number of aromatic nitrogens is 3. The summed E-state index contributed by atoms with van der Waals surface area (Å²) < 4.78 is 7.23. The van der Waals surface area contributed by atoms with Gasteiger partial charge >= 0.3 is 0 Å². The molecule has 9 heteroatoms. The Bertz CT molecular complexity index is 1020. The highest BCUT2D eigenvalue weighted by Crippen LogP contribution is 2.24. The van der Waals surface area contributed by atoms with Crippen LogP contribution in [0.4, 0.5) is 11.4 Å². The molecule has 156 valence electrons. The van der Waals surface area contributed by atoms with Crippen molar-refractivity contribution >= 4 is 35.0 Å². The number of rotatable bonds is 8. The van der Waals surface area contributed by atoms with Gasteiger partial charge in [-0.3, -0.25) is 9.59 Å². The second-order valence-electron chi connectivity index (χ2n) is 6.42. The number of amides is 2. The van der Waals surface area contributed by atoms with Crippen molar-refractivity contribution < 1.29 is 14.3 Å². The monoisotopic (exact) mass is 425 g/mol. The standard InChI is InChI=1S/C21H23N5O3S/c1-4-29-18-11-9-17(10-12-18)23-19(28)13-30-21-25-24-20(26(21)3)15-5-7-16(8-6-15)22-14(2)27/h5-12H,4,13H2,1-3H3,(H,22,27)(H,23,28). The molecule has 8 nitrogen and oxygen atoms in total. The zero-order valence-electron chi connectivity index (χ0n) is 17.0. The molecule has 0 fully saturated rings. The number of thioether (sulfide) groups is 1. The number of hydrogen-bond donors (Lipinski definition) is 2. The van der Waals surface area contributed by atoms with E-state index in [9.17, 15) is 9.59 Å². The Morgan fingerprint density at radius 2 is 1.63 bits per heavy atom. The van der Waals surface area contributed by atoms with Gasteiger partial charge < -0.3 is 19.9 Å². The van der Waals surface area contributed by atoms with Crippen LogP contribution in [0.15, 0.2) is 53.7 Å². The Hall–Kier alpha value is -3.33. The lowest BCUT2D eigenvalue weighted by Crippen LogP contribution is -2.14. The summed E-state index contributed by atoms with van der Waals surface area (Å²) in [4.78, 5) is 23.4. The first kappa shape index (κ1) is 21.4. The number of carbonyl (C=O) groups is 2. The van der Waals surface area contributed by atoms with Crippen molar-refractivity contribution in [1.82, 2.24) is 14.8 Å². The lowest BCUT2D eigenvalue weighted by molar-refractivity contribution is -0.114. The van der Waals surface area contributed by atoms with E-state index < -0.39 is 0 Å². The molecule has 2 aromatic carbocycles. The fourth-order valence-electron chi connectivity index (χ4n) is 2.73. The quantitative estimate of drug-likeness (QED) is 0.536. The van der Waals surface area contributed by atoms with Crippen LogP contribution in [0.5, 0.6) is 5.75 Å². The largest absolute Gasteiger partial charge is 0.494 e. The molecule has 0 spiro atoms. The molecule has 0 aliphatic heterocycles. The summed E-state index contributed by atoms with van der Waals surface area (Å²) in [6.07, 6.45) is 0. The first-order valence-corrected chi connectivity index (χ1v) is 10.4. The molecular weight excluding hydrogens is 402 g/mol. The zero-order valence-corrected chi connectivity index (χ0v) is 17.8. The van der Waals surface area contributed by atoms with Gasteiger partial charge in [0.25, 0.3) is 0 Å². The van der Waals surface area contributed by atoms with Gasteiger partial charge in [-0.2, -0.15) is 0 Å². The molecule has 0 radical (unpaired) electrons. The second kappa shape index (κ2) is 9.93. The van der Waals surface area contributed by atoms with Crippen LogP contribution in [0.2, 0.25) is 0 Å². The van der Waals surface area contributed by atoms with E-state index >= 15 is 0 Å². The summed E-state index contributed by atoms with van der Waals surface area (Å²) in [5, 5.41) is 14.6. The van der Waals surface area contributed by atoms with Crippen LogP contribution in [-0.2, 0) is 16.6 Å². The summed E-state index contributed by atoms with van der Waals surface area (Å²) in [5.74, 6) is 1.40. The van der Waals surface area contributed by atoms with E-state index in [-0.39, 0.29) is 17.6 Å². The van der Waals surface area contributed by atoms with E-state index in [1.165, 1.54) is 18.7 Å². The smallest absolute Gasteiger partial charge is 0.234 e. The van der Waals surface area contributed by atoms with Crippen LogP contribution in [0.3, 0.4) is 0 Å². The normalized spacial score (nSPS) is 10.5. The molecule has 1 heterocycles. The fourth-order valence-corrected chi connectivity index (χ4v) is 3.44. The van der Waals surface area contributed by atoms with Crippen LogP contribution in [0.1, 0.15) is 13.8 Å². The summed E-state index contributed by atoms with van der Waals surface area (Å²) in [6.45, 7) is 3.99. The Balaban J connectivity index is 1.58. The van der Waals surface area contributed by atoms with Gasteiger partial charge in [0.05, 0.1) is 12.4 Å². The minimum absolute atomic E-state index is 0.122. The van der Waals surface area contributed by atoms with E-state index in [0.29, 0.717) is 29.0 Å². The molecule has 3 aromatic rings. The molecule has 1 aromatic heterocycles. The first-order chi connectivity index (χ1) is 14.5. The molecule has 0 unspecified atom stereocenters. The lowest BCUT2D eigenvalue weighted by Gasteiger charge is -2.07. The molecule has 30 heavy (non-hydrogen) atoms. The molecule has 3 rings (SSSR count). The summed E-state index contributed by atoms with van der Waals surface area (Å²) in [6, 6.07) is 14.6. The number of anilines is 2. The molecule has 0 atom stereocenters. The number of ether oxygens (including phenoxy) is 1. The van der Waals surface area contributed by atoms with Gasteiger partial charge in [-0.05, 0) is 55.5 Å². The van der Waals surface area contributed by atoms with Gasteiger partial charge in [-0.15, -0.1) is 10.2 Å². The molecule has 2 N–H and O–H groups in total. The Morgan fingerprint density at radius 1 is 1.00 bits per heavy atom. The summed E-state index contributed by atoms with van der Waals surface area (Å²) in [7, 11) is 1.85. The van der Waals surface area contributed by atoms with Crippen LogP contribution < -0.4 is 15.4 Å². The predicted molar refractivity (Wildman–Crippen MR) is 118 cm³/mol. The zero-order chi connectivity index (χ0) is 21.5. The number of nitrogens with zero attached hydrogens (tertiary/aromatic N) is 3. The highest BCUT2D eigenvalue weighted by atomic mass is 32.2. The SMILES string of the molecule is CCOc1ccc(NC(=O)CSc2nnc(-c3ccc(NC(C)=O)cc3)n2C)cc1. The Kier molecular flexibility index (Phi) is 7.08. The van der Waals surface area contributed by atoms with Crippen molar-refractivity contribution in [3.63, 3.8) is 0 Å². The molecule has 0 saturated carbocycles. The predicted octanol–water partition coefficient (Wildman–Crippen LogP) is 3.57. The van der Waals surface area contributed by atoms with Crippen molar-refractivity contribution in [3.8, 4) is 17.1 Å². The van der Waals surface area contributed by atoms with Gasteiger partial charge in [-0.25, -0.2) is 0 Å². The number of nitrogens with one attached hydrogen (secondary N) is 2. The van der Waals surface area contributed by atoms with Crippen LogP contribution in [0.25, 0.3) is 11.4 Å². The topological polar surface area (TPSA) is 98.1 Å². The molecule has 0 bridgehead atoms. The molecule has 0 aliphatic carbocycles. The van der Waals surface area contributed by atoms with Crippen LogP contribution in [0, 0.1) is 0 Å². The van der Waals surface area contributed by atoms with E-state index in [1.54, 1.807) is 12.1 Å². The van der Waals surface area contributed by atoms with Crippen molar-refractivity contribution in [3.05, 3.63) is 48.5 Å². The highest BCUT2D eigenvalue weighted by Gasteiger charge is 2.13. The Labute approximate surface area is 179 Å². The molecule has 0 saturated heterocycles. The number of hydrogen-bond acceptors (Lipinski definition) is 6. The van der Waals surface area contributed by atoms with Crippen molar-refractivity contribution in [2.24, 2.45) is 7.05 Å². The summed E-state index contributed by atoms with van der Waals surface area (Å²) in [5.41, 5.74) is 2.29. The van der Waals surface area contributed by atoms with Crippen molar-refractivity contribution in [2.45, 2.75) is 19.0 Å². The number of carbonyl (C=O) groups excluding carboxylic acids is 2. The van der Waals surface area contributed by atoms with Gasteiger partial charge in [0, 0.05) is 30.9 Å². The van der Waals surface area contributed by atoms with Crippen molar-refractivity contribution in [1.29, 1.82) is 0 Å². The maximum absolute atomic E-state index is 12.3. The number of benzene rings is 2. The van der Waals surface area contributed by atoms with E-state index in [0.717, 1.165) is 11.3 Å². The average molecular weight is 426 g/mol. The van der Waals surface area contributed by atoms with Crippen LogP contribution >= 0.6 is 11.8 Å². The third-order valence-corrected chi connectivity index (χ3v) is 5.10. The molecule has 0 aliphatic rings. The highest BCUT2D eigenvalue weighted by molar-refractivity contribution is 7.99. The van der Waals surface area contributed by atoms with E-state index in [4.69, 9.17) is 4.74 Å². The lowest BCUT2D eigenvalue weighted by atomic mass is 10.2. The maximum Gasteiger partial charge on any atom is 0.234 e. The summed E-state index contributed by atoms with van der Waals surface area (Å²) >= 11 is 1.31. The fraction of sp³-hybridized carbons (Fsp3) is 0.238. The second-order valence-corrected chi connectivity index (χ2v) is 7.36. The van der Waals surface area contributed by atoms with Gasteiger partial charge in [-0.1, -0.05) is 11.8 Å². The third-order valence-electron chi connectivity index (χ3n) is 4.08.